The van der Waals surface area contributed by atoms with Crippen LogP contribution < -0.4 is 10.6 Å². The number of nitrogens with two attached hydrogens (primary N) is 1. The fraction of sp³-hybridized carbons (Fsp3) is 0.545. The van der Waals surface area contributed by atoms with Gasteiger partial charge in [0.15, 0.2) is 6.10 Å². The predicted molar refractivity (Wildman–Crippen MR) is 62.7 cm³/mol. The van der Waals surface area contributed by atoms with Crippen molar-refractivity contribution in [2.24, 2.45) is 5.73 Å². The van der Waals surface area contributed by atoms with Crippen LogP contribution in [0.2, 0.25) is 0 Å². The van der Waals surface area contributed by atoms with Crippen LogP contribution in [-0.4, -0.2) is 41.7 Å². The van der Waals surface area contributed by atoms with Crippen molar-refractivity contribution in [3.63, 3.8) is 0 Å². The standard InChI is InChI=1S/C11H16N4O2/c1-7-5-8(2)14-11(13-7)15-3-4-17-9(6-15)10(12)16/h5,9H,3-4,6H2,1-2H3,(H2,12,16). The van der Waals surface area contributed by atoms with Crippen LogP contribution >= 0.6 is 0 Å². The number of amides is 1. The van der Waals surface area contributed by atoms with Crippen LogP contribution in [0.1, 0.15) is 11.4 Å². The molecule has 2 heterocycles. The summed E-state index contributed by atoms with van der Waals surface area (Å²) >= 11 is 0. The molecule has 1 amide bonds. The number of aromatic nitrogens is 2. The summed E-state index contributed by atoms with van der Waals surface area (Å²) < 4.78 is 5.28. The van der Waals surface area contributed by atoms with Gasteiger partial charge in [0.1, 0.15) is 0 Å². The van der Waals surface area contributed by atoms with Gasteiger partial charge in [0.2, 0.25) is 11.9 Å². The minimum absolute atomic E-state index is 0.415. The first-order valence-electron chi connectivity index (χ1n) is 5.54. The van der Waals surface area contributed by atoms with Crippen molar-refractivity contribution in [2.75, 3.05) is 24.6 Å². The molecule has 2 N–H and O–H groups in total. The van der Waals surface area contributed by atoms with Gasteiger partial charge >= 0.3 is 0 Å². The topological polar surface area (TPSA) is 81.3 Å². The summed E-state index contributed by atoms with van der Waals surface area (Å²) in [6, 6.07) is 1.91. The second-order valence-electron chi connectivity index (χ2n) is 4.16. The van der Waals surface area contributed by atoms with Gasteiger partial charge in [-0.2, -0.15) is 0 Å². The number of aryl methyl sites for hydroxylation is 2. The molecule has 1 aromatic rings. The van der Waals surface area contributed by atoms with Crippen molar-refractivity contribution in [1.82, 2.24) is 9.97 Å². The van der Waals surface area contributed by atoms with E-state index in [-0.39, 0.29) is 0 Å². The Bertz CT molecular complexity index is 415. The summed E-state index contributed by atoms with van der Waals surface area (Å²) in [6.45, 7) is 5.39. The number of carbonyl (C=O) groups excluding carboxylic acids is 1. The first kappa shape index (κ1) is 11.8. The highest BCUT2D eigenvalue weighted by atomic mass is 16.5. The summed E-state index contributed by atoms with van der Waals surface area (Å²) in [5.41, 5.74) is 7.06. The smallest absolute Gasteiger partial charge is 0.248 e. The number of hydrogen-bond acceptors (Lipinski definition) is 5. The number of morpholine rings is 1. The minimum atomic E-state index is -0.576. The Morgan fingerprint density at radius 2 is 2.12 bits per heavy atom. The fourth-order valence-corrected chi connectivity index (χ4v) is 1.85. The third kappa shape index (κ3) is 2.71. The molecular weight excluding hydrogens is 220 g/mol. The minimum Gasteiger partial charge on any atom is -0.367 e. The molecule has 6 nitrogen and oxygen atoms in total. The maximum atomic E-state index is 11.1. The molecule has 0 saturated carbocycles. The van der Waals surface area contributed by atoms with Crippen LogP contribution in [0.3, 0.4) is 0 Å². The third-order valence-corrected chi connectivity index (χ3v) is 2.64. The molecule has 0 radical (unpaired) electrons. The molecule has 6 heteroatoms. The van der Waals surface area contributed by atoms with Crippen molar-refractivity contribution < 1.29 is 9.53 Å². The molecule has 1 aliphatic heterocycles. The van der Waals surface area contributed by atoms with Crippen LogP contribution in [-0.2, 0) is 9.53 Å². The Hall–Kier alpha value is -1.69. The van der Waals surface area contributed by atoms with Gasteiger partial charge < -0.3 is 15.4 Å². The van der Waals surface area contributed by atoms with Crippen molar-refractivity contribution in [3.8, 4) is 0 Å². The largest absolute Gasteiger partial charge is 0.367 e. The SMILES string of the molecule is Cc1cc(C)nc(N2CCOC(C(N)=O)C2)n1. The second kappa shape index (κ2) is 4.67. The maximum absolute atomic E-state index is 11.1. The molecule has 0 aliphatic carbocycles. The third-order valence-electron chi connectivity index (χ3n) is 2.64. The quantitative estimate of drug-likeness (QED) is 0.768. The van der Waals surface area contributed by atoms with Gasteiger partial charge in [0, 0.05) is 17.9 Å². The number of nitrogens with zero attached hydrogens (tertiary/aromatic N) is 3. The normalized spacial score (nSPS) is 20.4. The van der Waals surface area contributed by atoms with Gasteiger partial charge in [-0.25, -0.2) is 9.97 Å². The van der Waals surface area contributed by atoms with E-state index in [0.717, 1.165) is 11.4 Å². The lowest BCUT2D eigenvalue weighted by Gasteiger charge is -2.31. The average Bonchev–Trinajstić information content (AvgIpc) is 2.28. The molecule has 0 aromatic carbocycles. The number of anilines is 1. The highest BCUT2D eigenvalue weighted by Gasteiger charge is 2.26. The second-order valence-corrected chi connectivity index (χ2v) is 4.16. The lowest BCUT2D eigenvalue weighted by atomic mass is 10.2. The van der Waals surface area contributed by atoms with E-state index >= 15 is 0 Å². The summed E-state index contributed by atoms with van der Waals surface area (Å²) in [5, 5.41) is 0. The van der Waals surface area contributed by atoms with E-state index in [1.807, 2.05) is 24.8 Å². The predicted octanol–water partition coefficient (Wildman–Crippen LogP) is -0.216. The van der Waals surface area contributed by atoms with Crippen molar-refractivity contribution in [3.05, 3.63) is 17.5 Å². The zero-order valence-electron chi connectivity index (χ0n) is 10.0. The lowest BCUT2D eigenvalue weighted by molar-refractivity contribution is -0.130. The Kier molecular flexibility index (Phi) is 3.23. The van der Waals surface area contributed by atoms with Crippen LogP contribution in [0.15, 0.2) is 6.07 Å². The fourth-order valence-electron chi connectivity index (χ4n) is 1.85. The number of rotatable bonds is 2. The molecule has 1 unspecified atom stereocenters. The molecule has 1 fully saturated rings. The molecule has 2 rings (SSSR count). The molecule has 1 aliphatic rings. The number of hydrogen-bond donors (Lipinski definition) is 1. The molecule has 1 aromatic heterocycles. The van der Waals surface area contributed by atoms with E-state index < -0.39 is 12.0 Å². The Morgan fingerprint density at radius 1 is 1.47 bits per heavy atom. The van der Waals surface area contributed by atoms with E-state index in [9.17, 15) is 4.79 Å². The molecule has 17 heavy (non-hydrogen) atoms. The average molecular weight is 236 g/mol. The Morgan fingerprint density at radius 3 is 2.71 bits per heavy atom. The molecule has 0 spiro atoms. The highest BCUT2D eigenvalue weighted by molar-refractivity contribution is 5.79. The van der Waals surface area contributed by atoms with Crippen LogP contribution in [0.5, 0.6) is 0 Å². The van der Waals surface area contributed by atoms with Crippen molar-refractivity contribution in [2.45, 2.75) is 20.0 Å². The van der Waals surface area contributed by atoms with Gasteiger partial charge in [-0.05, 0) is 19.9 Å². The highest BCUT2D eigenvalue weighted by Crippen LogP contribution is 2.14. The molecule has 0 bridgehead atoms. The summed E-state index contributed by atoms with van der Waals surface area (Å²) in [7, 11) is 0. The van der Waals surface area contributed by atoms with Gasteiger partial charge in [0.05, 0.1) is 13.2 Å². The van der Waals surface area contributed by atoms with E-state index in [1.165, 1.54) is 0 Å². The monoisotopic (exact) mass is 236 g/mol. The zero-order chi connectivity index (χ0) is 12.4. The van der Waals surface area contributed by atoms with Gasteiger partial charge in [-0.1, -0.05) is 0 Å². The van der Waals surface area contributed by atoms with Crippen molar-refractivity contribution >= 4 is 11.9 Å². The van der Waals surface area contributed by atoms with Crippen molar-refractivity contribution in [1.29, 1.82) is 0 Å². The molecular formula is C11H16N4O2. The Labute approximate surface area is 99.8 Å². The van der Waals surface area contributed by atoms with Crippen LogP contribution in [0.4, 0.5) is 5.95 Å². The molecule has 1 atom stereocenters. The number of carbonyl (C=O) groups is 1. The van der Waals surface area contributed by atoms with E-state index in [2.05, 4.69) is 9.97 Å². The van der Waals surface area contributed by atoms with E-state index in [0.29, 0.717) is 25.6 Å². The van der Waals surface area contributed by atoms with Gasteiger partial charge in [0.25, 0.3) is 0 Å². The van der Waals surface area contributed by atoms with Gasteiger partial charge in [-0.15, -0.1) is 0 Å². The van der Waals surface area contributed by atoms with Crippen LogP contribution in [0.25, 0.3) is 0 Å². The van der Waals surface area contributed by atoms with Crippen LogP contribution in [0, 0.1) is 13.8 Å². The number of ether oxygens (including phenoxy) is 1. The number of primary amides is 1. The maximum Gasteiger partial charge on any atom is 0.248 e. The zero-order valence-corrected chi connectivity index (χ0v) is 10.0. The van der Waals surface area contributed by atoms with Gasteiger partial charge in [-0.3, -0.25) is 4.79 Å². The summed E-state index contributed by atoms with van der Waals surface area (Å²) in [6.07, 6.45) is -0.576. The molecule has 92 valence electrons. The first-order valence-corrected chi connectivity index (χ1v) is 5.54. The Balaban J connectivity index is 2.18. The van der Waals surface area contributed by atoms with E-state index in [4.69, 9.17) is 10.5 Å². The summed E-state index contributed by atoms with van der Waals surface area (Å²) in [4.78, 5) is 21.7. The first-order chi connectivity index (χ1) is 8.06. The van der Waals surface area contributed by atoms with E-state index in [1.54, 1.807) is 0 Å². The summed E-state index contributed by atoms with van der Waals surface area (Å²) in [5.74, 6) is 0.191. The lowest BCUT2D eigenvalue weighted by Crippen LogP contribution is -2.49. The molecule has 1 saturated heterocycles.